The van der Waals surface area contributed by atoms with E-state index in [1.165, 1.54) is 23.3 Å². The molecule has 3 atom stereocenters. The first-order valence-corrected chi connectivity index (χ1v) is 7.83. The van der Waals surface area contributed by atoms with Gasteiger partial charge in [0.25, 0.3) is 0 Å². The minimum absolute atomic E-state index is 0.00459. The van der Waals surface area contributed by atoms with Crippen LogP contribution in [0.25, 0.3) is 0 Å². The van der Waals surface area contributed by atoms with Gasteiger partial charge in [-0.3, -0.25) is 4.79 Å². The number of rotatable bonds is 4. The zero-order chi connectivity index (χ0) is 16.0. The predicted molar refractivity (Wildman–Crippen MR) is 85.4 cm³/mol. The number of hydrogen-bond donors (Lipinski definition) is 2. The lowest BCUT2D eigenvalue weighted by Crippen LogP contribution is -2.30. The molecule has 1 fully saturated rings. The molecule has 0 heterocycles. The van der Waals surface area contributed by atoms with Gasteiger partial charge in [0.1, 0.15) is 0 Å². The minimum atomic E-state index is -0.953. The van der Waals surface area contributed by atoms with Crippen molar-refractivity contribution in [2.24, 2.45) is 5.92 Å². The second kappa shape index (κ2) is 5.23. The molecule has 0 bridgehead atoms. The van der Waals surface area contributed by atoms with Gasteiger partial charge in [-0.1, -0.05) is 36.4 Å². The Balaban J connectivity index is 1.36. The summed E-state index contributed by atoms with van der Waals surface area (Å²) in [5.41, 5.74) is 3.87. The maximum absolute atomic E-state index is 12.2. The Kier molecular flexibility index (Phi) is 3.18. The molecule has 4 nitrogen and oxygen atoms in total. The van der Waals surface area contributed by atoms with E-state index in [9.17, 15) is 9.59 Å². The Hall–Kier alpha value is -2.62. The van der Waals surface area contributed by atoms with E-state index in [2.05, 4.69) is 29.6 Å². The van der Waals surface area contributed by atoms with E-state index < -0.39 is 5.97 Å². The molecule has 2 aromatic rings. The second-order valence-corrected chi connectivity index (χ2v) is 6.36. The van der Waals surface area contributed by atoms with E-state index >= 15 is 0 Å². The third-order valence-electron chi connectivity index (χ3n) is 4.93. The van der Waals surface area contributed by atoms with Crippen molar-refractivity contribution in [3.05, 3.63) is 70.8 Å². The molecule has 2 aliphatic carbocycles. The van der Waals surface area contributed by atoms with Crippen LogP contribution in [-0.2, 0) is 17.6 Å². The summed E-state index contributed by atoms with van der Waals surface area (Å²) in [7, 11) is 0. The number of fused-ring (bicyclic) bond motifs is 3. The molecule has 0 saturated heterocycles. The Morgan fingerprint density at radius 3 is 2.57 bits per heavy atom. The average Bonchev–Trinajstić information content (AvgIpc) is 3.05. The minimum Gasteiger partial charge on any atom is -0.478 e. The van der Waals surface area contributed by atoms with Crippen LogP contribution in [-0.4, -0.2) is 23.0 Å². The fourth-order valence-electron chi connectivity index (χ4n) is 3.74. The van der Waals surface area contributed by atoms with Crippen LogP contribution in [0.3, 0.4) is 0 Å². The summed E-state index contributed by atoms with van der Waals surface area (Å²) >= 11 is 0. The second-order valence-electron chi connectivity index (χ2n) is 6.36. The predicted octanol–water partition coefficient (Wildman–Crippen LogP) is 2.38. The van der Waals surface area contributed by atoms with Crippen molar-refractivity contribution < 1.29 is 14.7 Å². The van der Waals surface area contributed by atoms with Gasteiger partial charge in [0.2, 0.25) is 5.91 Å². The van der Waals surface area contributed by atoms with Crippen LogP contribution >= 0.6 is 0 Å². The number of hydrogen-bond acceptors (Lipinski definition) is 2. The van der Waals surface area contributed by atoms with Gasteiger partial charge in [-0.05, 0) is 41.2 Å². The molecule has 23 heavy (non-hydrogen) atoms. The quantitative estimate of drug-likeness (QED) is 0.911. The molecular formula is C19H17NO3. The molecule has 2 N–H and O–H groups in total. The Bertz CT molecular complexity index is 781. The lowest BCUT2D eigenvalue weighted by molar-refractivity contribution is -0.120. The van der Waals surface area contributed by atoms with E-state index in [0.717, 1.165) is 12.0 Å². The first-order valence-electron chi connectivity index (χ1n) is 7.83. The summed E-state index contributed by atoms with van der Waals surface area (Å²) in [5, 5.41) is 12.0. The third kappa shape index (κ3) is 2.50. The molecule has 0 aliphatic heterocycles. The normalized spacial score (nSPS) is 23.7. The van der Waals surface area contributed by atoms with Gasteiger partial charge in [0.15, 0.2) is 0 Å². The largest absolute Gasteiger partial charge is 0.478 e. The fourth-order valence-corrected chi connectivity index (χ4v) is 3.74. The highest BCUT2D eigenvalue weighted by atomic mass is 16.4. The standard InChI is InChI=1S/C19H17NO3/c21-16(9-11-5-7-12(8-6-11)19(22)23)20-18-15-10-13-3-1-2-4-14(13)17(15)18/h1-8,15,17-18H,9-10H2,(H,20,21)(H,22,23)/t15-,17-,18+/m0/s1. The van der Waals surface area contributed by atoms with Crippen molar-refractivity contribution in [3.8, 4) is 0 Å². The van der Waals surface area contributed by atoms with Crippen molar-refractivity contribution in [1.82, 2.24) is 5.32 Å². The fraction of sp³-hybridized carbons (Fsp3) is 0.263. The smallest absolute Gasteiger partial charge is 0.335 e. The van der Waals surface area contributed by atoms with E-state index in [1.54, 1.807) is 12.1 Å². The SMILES string of the molecule is O=C(Cc1ccc(C(=O)O)cc1)N[C@@H]1[C@H]2Cc3ccccc3[C@@H]21. The van der Waals surface area contributed by atoms with Crippen LogP contribution in [0.1, 0.15) is 33.0 Å². The first-order chi connectivity index (χ1) is 11.1. The first kappa shape index (κ1) is 14.0. The number of carboxylic acids is 1. The van der Waals surface area contributed by atoms with Crippen molar-refractivity contribution in [1.29, 1.82) is 0 Å². The van der Waals surface area contributed by atoms with Gasteiger partial charge >= 0.3 is 5.97 Å². The summed E-state index contributed by atoms with van der Waals surface area (Å²) in [6, 6.07) is 15.2. The Morgan fingerprint density at radius 2 is 1.83 bits per heavy atom. The summed E-state index contributed by atoms with van der Waals surface area (Å²) in [6.45, 7) is 0. The molecule has 4 heteroatoms. The van der Waals surface area contributed by atoms with Gasteiger partial charge in [0.05, 0.1) is 12.0 Å². The monoisotopic (exact) mass is 307 g/mol. The number of nitrogens with one attached hydrogen (secondary N) is 1. The zero-order valence-electron chi connectivity index (χ0n) is 12.5. The molecule has 1 saturated carbocycles. The van der Waals surface area contributed by atoms with E-state index in [1.807, 2.05) is 0 Å². The topological polar surface area (TPSA) is 66.4 Å². The van der Waals surface area contributed by atoms with Gasteiger partial charge in [0, 0.05) is 12.0 Å². The average molecular weight is 307 g/mol. The molecule has 0 unspecified atom stereocenters. The van der Waals surface area contributed by atoms with Crippen molar-refractivity contribution >= 4 is 11.9 Å². The van der Waals surface area contributed by atoms with E-state index in [-0.39, 0.29) is 23.9 Å². The number of aromatic carboxylic acids is 1. The van der Waals surface area contributed by atoms with E-state index in [4.69, 9.17) is 5.11 Å². The van der Waals surface area contributed by atoms with Crippen molar-refractivity contribution in [3.63, 3.8) is 0 Å². The third-order valence-corrected chi connectivity index (χ3v) is 4.93. The molecule has 0 radical (unpaired) electrons. The van der Waals surface area contributed by atoms with Gasteiger partial charge < -0.3 is 10.4 Å². The number of carboxylic acid groups (broad SMARTS) is 1. The number of benzene rings is 2. The van der Waals surface area contributed by atoms with Gasteiger partial charge in [-0.15, -0.1) is 0 Å². The highest BCUT2D eigenvalue weighted by Gasteiger charge is 2.56. The highest BCUT2D eigenvalue weighted by Crippen LogP contribution is 2.56. The van der Waals surface area contributed by atoms with Crippen LogP contribution in [0.5, 0.6) is 0 Å². The van der Waals surface area contributed by atoms with Crippen LogP contribution < -0.4 is 5.32 Å². The van der Waals surface area contributed by atoms with Gasteiger partial charge in [-0.2, -0.15) is 0 Å². The molecule has 4 rings (SSSR count). The molecule has 116 valence electrons. The summed E-state index contributed by atoms with van der Waals surface area (Å²) in [6.07, 6.45) is 1.34. The number of carbonyl (C=O) groups is 2. The Labute approximate surface area is 134 Å². The van der Waals surface area contributed by atoms with Crippen molar-refractivity contribution in [2.45, 2.75) is 24.8 Å². The van der Waals surface area contributed by atoms with Crippen molar-refractivity contribution in [2.75, 3.05) is 0 Å². The summed E-state index contributed by atoms with van der Waals surface area (Å²) in [4.78, 5) is 23.0. The molecule has 2 aromatic carbocycles. The summed E-state index contributed by atoms with van der Waals surface area (Å²) in [5.74, 6) is 0.0747. The maximum Gasteiger partial charge on any atom is 0.335 e. The molecule has 2 aliphatic rings. The number of carbonyl (C=O) groups excluding carboxylic acids is 1. The molecule has 0 aromatic heterocycles. The Morgan fingerprint density at radius 1 is 1.09 bits per heavy atom. The van der Waals surface area contributed by atoms with Crippen LogP contribution in [0.4, 0.5) is 0 Å². The zero-order valence-corrected chi connectivity index (χ0v) is 12.5. The van der Waals surface area contributed by atoms with Crippen LogP contribution in [0, 0.1) is 5.92 Å². The lowest BCUT2D eigenvalue weighted by Gasteiger charge is -2.09. The molecule has 0 spiro atoms. The maximum atomic E-state index is 12.2. The number of amides is 1. The van der Waals surface area contributed by atoms with Crippen LogP contribution in [0.15, 0.2) is 48.5 Å². The lowest BCUT2D eigenvalue weighted by atomic mass is 10.0. The highest BCUT2D eigenvalue weighted by molar-refractivity contribution is 5.87. The summed E-state index contributed by atoms with van der Waals surface area (Å²) < 4.78 is 0. The van der Waals surface area contributed by atoms with Crippen LogP contribution in [0.2, 0.25) is 0 Å². The molecule has 1 amide bonds. The van der Waals surface area contributed by atoms with E-state index in [0.29, 0.717) is 11.8 Å². The molecular weight excluding hydrogens is 290 g/mol. The van der Waals surface area contributed by atoms with Gasteiger partial charge in [-0.25, -0.2) is 4.79 Å².